The van der Waals surface area contributed by atoms with Gasteiger partial charge in [-0.2, -0.15) is 13.2 Å². The molecule has 0 unspecified atom stereocenters. The van der Waals surface area contributed by atoms with Crippen molar-refractivity contribution in [3.63, 3.8) is 0 Å². The number of amides is 1. The van der Waals surface area contributed by atoms with Crippen LogP contribution in [0.5, 0.6) is 0 Å². The monoisotopic (exact) mass is 374 g/mol. The summed E-state index contributed by atoms with van der Waals surface area (Å²) in [4.78, 5) is 28.0. The van der Waals surface area contributed by atoms with E-state index in [-0.39, 0.29) is 17.4 Å². The Labute approximate surface area is 144 Å². The molecule has 0 aliphatic carbocycles. The fourth-order valence-corrected chi connectivity index (χ4v) is 3.38. The fourth-order valence-electron chi connectivity index (χ4n) is 1.68. The van der Waals surface area contributed by atoms with Crippen molar-refractivity contribution in [1.82, 2.24) is 10.3 Å². The highest BCUT2D eigenvalue weighted by molar-refractivity contribution is 7.99. The smallest absolute Gasteiger partial charge is 0.351 e. The molecule has 0 fully saturated rings. The van der Waals surface area contributed by atoms with E-state index in [1.165, 1.54) is 24.3 Å². The van der Waals surface area contributed by atoms with E-state index in [2.05, 4.69) is 10.3 Å². The molecule has 0 saturated carbocycles. The topological polar surface area (TPSA) is 59.1 Å². The summed E-state index contributed by atoms with van der Waals surface area (Å²) in [7, 11) is 0. The van der Waals surface area contributed by atoms with Crippen molar-refractivity contribution in [2.75, 3.05) is 5.75 Å². The van der Waals surface area contributed by atoms with Crippen molar-refractivity contribution in [2.24, 2.45) is 0 Å². The number of alkyl halides is 3. The molecular formula is C15H13F3N2O2S2. The number of ketones is 1. The molecule has 24 heavy (non-hydrogen) atoms. The van der Waals surface area contributed by atoms with Gasteiger partial charge in [0.05, 0.1) is 27.8 Å². The van der Waals surface area contributed by atoms with Crippen molar-refractivity contribution >= 4 is 34.8 Å². The molecule has 1 amide bonds. The molecule has 0 aliphatic rings. The first-order chi connectivity index (χ1) is 11.3. The Morgan fingerprint density at radius 1 is 1.25 bits per heavy atom. The summed E-state index contributed by atoms with van der Waals surface area (Å²) in [6, 6.07) is 5.62. The van der Waals surface area contributed by atoms with Gasteiger partial charge in [0, 0.05) is 18.0 Å². The maximum atomic E-state index is 12.4. The Bertz CT molecular complexity index is 727. The van der Waals surface area contributed by atoms with Gasteiger partial charge in [0.1, 0.15) is 0 Å². The molecule has 1 N–H and O–H groups in total. The number of carbonyl (C=O) groups is 2. The Kier molecular flexibility index (Phi) is 6.00. The first kappa shape index (κ1) is 18.5. The number of hydrogen-bond donors (Lipinski definition) is 1. The molecule has 9 heteroatoms. The summed E-state index contributed by atoms with van der Waals surface area (Å²) in [6.07, 6.45) is -3.67. The molecule has 2 rings (SSSR count). The lowest BCUT2D eigenvalue weighted by Gasteiger charge is -2.06. The lowest BCUT2D eigenvalue weighted by Crippen LogP contribution is -2.18. The van der Waals surface area contributed by atoms with Gasteiger partial charge in [-0.3, -0.25) is 9.59 Å². The minimum absolute atomic E-state index is 0.0818. The zero-order valence-electron chi connectivity index (χ0n) is 12.5. The highest BCUT2D eigenvalue weighted by Gasteiger charge is 2.30. The molecule has 2 aromatic heterocycles. The lowest BCUT2D eigenvalue weighted by atomic mass is 10.3. The minimum Gasteiger partial charge on any atom is -0.351 e. The van der Waals surface area contributed by atoms with Crippen LogP contribution in [0.15, 0.2) is 35.5 Å². The third-order valence-corrected chi connectivity index (χ3v) is 4.93. The minimum atomic E-state index is -4.42. The molecule has 0 spiro atoms. The van der Waals surface area contributed by atoms with E-state index in [1.807, 2.05) is 0 Å². The number of nitrogens with one attached hydrogen (secondary N) is 1. The van der Waals surface area contributed by atoms with Crippen LogP contribution in [0, 0.1) is 0 Å². The van der Waals surface area contributed by atoms with Gasteiger partial charge in [-0.05, 0) is 24.3 Å². The van der Waals surface area contributed by atoms with E-state index in [0.717, 1.165) is 28.9 Å². The summed E-state index contributed by atoms with van der Waals surface area (Å²) >= 11 is 2.36. The number of thiophene rings is 1. The maximum Gasteiger partial charge on any atom is 0.417 e. The number of halogens is 3. The number of aromatic nitrogens is 1. The van der Waals surface area contributed by atoms with E-state index in [0.29, 0.717) is 16.4 Å². The molecule has 4 nitrogen and oxygen atoms in total. The van der Waals surface area contributed by atoms with Gasteiger partial charge in [0.15, 0.2) is 5.78 Å². The quantitative estimate of drug-likeness (QED) is 0.618. The summed E-state index contributed by atoms with van der Waals surface area (Å²) in [6.45, 7) is 1.77. The second-order valence-corrected chi connectivity index (χ2v) is 6.93. The molecule has 2 aromatic rings. The zero-order valence-corrected chi connectivity index (χ0v) is 14.1. The number of carbonyl (C=O) groups excluding carboxylic acids is 2. The van der Waals surface area contributed by atoms with Crippen molar-refractivity contribution < 1.29 is 22.8 Å². The number of pyridine rings is 1. The summed E-state index contributed by atoms with van der Waals surface area (Å²) in [5.41, 5.74) is -0.820. The van der Waals surface area contributed by atoms with Crippen LogP contribution >= 0.6 is 23.1 Å². The predicted octanol–water partition coefficient (Wildman–Crippen LogP) is 3.77. The molecule has 0 bridgehead atoms. The van der Waals surface area contributed by atoms with Crippen LogP contribution in [0.25, 0.3) is 0 Å². The Morgan fingerprint density at radius 3 is 2.58 bits per heavy atom. The fraction of sp³-hybridized carbons (Fsp3) is 0.267. The average molecular weight is 374 g/mol. The number of Topliss-reactive ketones (excluding diaryl/α,β-unsaturated/α-hetero) is 1. The predicted molar refractivity (Wildman–Crippen MR) is 86.1 cm³/mol. The van der Waals surface area contributed by atoms with Gasteiger partial charge in [0.2, 0.25) is 5.91 Å². The molecule has 128 valence electrons. The summed E-state index contributed by atoms with van der Waals surface area (Å²) in [5, 5.41) is 3.00. The van der Waals surface area contributed by atoms with Crippen molar-refractivity contribution in [2.45, 2.75) is 24.7 Å². The largest absolute Gasteiger partial charge is 0.417 e. The van der Waals surface area contributed by atoms with Crippen LogP contribution < -0.4 is 5.32 Å². The molecule has 0 aliphatic heterocycles. The van der Waals surface area contributed by atoms with E-state index in [4.69, 9.17) is 0 Å². The normalized spacial score (nSPS) is 11.3. The first-order valence-electron chi connectivity index (χ1n) is 6.78. The van der Waals surface area contributed by atoms with Gasteiger partial charge < -0.3 is 5.32 Å². The first-order valence-corrected chi connectivity index (χ1v) is 8.58. The van der Waals surface area contributed by atoms with Crippen LogP contribution in [-0.4, -0.2) is 22.4 Å². The van der Waals surface area contributed by atoms with Gasteiger partial charge in [-0.1, -0.05) is 11.8 Å². The van der Waals surface area contributed by atoms with Crippen molar-refractivity contribution in [3.8, 4) is 0 Å². The molecule has 2 heterocycles. The second kappa shape index (κ2) is 7.80. The standard InChI is InChI=1S/C15H13F3N2O2S2/c1-9(21)19-7-11-3-4-13(24-11)12(22)8-23-14-5-2-10(6-20-14)15(16,17)18/h2-6H,7-8H2,1H3,(H,19,21). The van der Waals surface area contributed by atoms with Gasteiger partial charge >= 0.3 is 6.18 Å². The average Bonchev–Trinajstić information content (AvgIpc) is 2.99. The molecular weight excluding hydrogens is 361 g/mol. The Hall–Kier alpha value is -1.87. The number of hydrogen-bond acceptors (Lipinski definition) is 5. The third kappa shape index (κ3) is 5.34. The van der Waals surface area contributed by atoms with E-state index in [1.54, 1.807) is 12.1 Å². The summed E-state index contributed by atoms with van der Waals surface area (Å²) in [5.74, 6) is -0.209. The molecule has 0 radical (unpaired) electrons. The van der Waals surface area contributed by atoms with Crippen molar-refractivity contribution in [3.05, 3.63) is 45.8 Å². The number of rotatable bonds is 6. The van der Waals surface area contributed by atoms with E-state index < -0.39 is 11.7 Å². The lowest BCUT2D eigenvalue weighted by molar-refractivity contribution is -0.137. The van der Waals surface area contributed by atoms with Crippen LogP contribution in [0.2, 0.25) is 0 Å². The number of nitrogens with zero attached hydrogens (tertiary/aromatic N) is 1. The highest BCUT2D eigenvalue weighted by atomic mass is 32.2. The van der Waals surface area contributed by atoms with Crippen LogP contribution in [0.1, 0.15) is 27.0 Å². The highest BCUT2D eigenvalue weighted by Crippen LogP contribution is 2.29. The molecule has 0 aromatic carbocycles. The molecule has 0 saturated heterocycles. The van der Waals surface area contributed by atoms with E-state index in [9.17, 15) is 22.8 Å². The second-order valence-electron chi connectivity index (χ2n) is 4.77. The van der Waals surface area contributed by atoms with Crippen LogP contribution in [0.4, 0.5) is 13.2 Å². The molecule has 0 atom stereocenters. The van der Waals surface area contributed by atoms with Crippen molar-refractivity contribution in [1.29, 1.82) is 0 Å². The third-order valence-electron chi connectivity index (χ3n) is 2.86. The maximum absolute atomic E-state index is 12.4. The van der Waals surface area contributed by atoms with Crippen LogP contribution in [-0.2, 0) is 17.5 Å². The number of thioether (sulfide) groups is 1. The van der Waals surface area contributed by atoms with Crippen LogP contribution in [0.3, 0.4) is 0 Å². The summed E-state index contributed by atoms with van der Waals surface area (Å²) < 4.78 is 37.3. The SMILES string of the molecule is CC(=O)NCc1ccc(C(=O)CSc2ccc(C(F)(F)F)cn2)s1. The van der Waals surface area contributed by atoms with E-state index >= 15 is 0 Å². The van der Waals surface area contributed by atoms with Gasteiger partial charge in [0.25, 0.3) is 0 Å². The Morgan fingerprint density at radius 2 is 2.00 bits per heavy atom. The zero-order chi connectivity index (χ0) is 17.7. The Balaban J connectivity index is 1.90. The van der Waals surface area contributed by atoms with Gasteiger partial charge in [-0.15, -0.1) is 11.3 Å². The van der Waals surface area contributed by atoms with Gasteiger partial charge in [-0.25, -0.2) is 4.98 Å².